The summed E-state index contributed by atoms with van der Waals surface area (Å²) in [5.74, 6) is 0.952. The molecule has 0 aromatic heterocycles. The molecule has 1 aliphatic heterocycles. The molecule has 1 amide bonds. The van der Waals surface area contributed by atoms with Crippen LogP contribution in [0, 0.1) is 6.92 Å². The standard InChI is InChI=1S/C14H17NO3S/c1-9-6-10(8-11(7-9)14(17)18)13(16)15-12-2-4-19-5-3-12/h6-8,12H,2-5H2,1H3,(H,15,16)(H,17,18). The Balaban J connectivity index is 2.11. The molecule has 0 spiro atoms. The van der Waals surface area contributed by atoms with E-state index in [-0.39, 0.29) is 17.5 Å². The van der Waals surface area contributed by atoms with Gasteiger partial charge in [-0.1, -0.05) is 0 Å². The Bertz CT molecular complexity index is 495. The molecule has 2 N–H and O–H groups in total. The smallest absolute Gasteiger partial charge is 0.335 e. The summed E-state index contributed by atoms with van der Waals surface area (Å²) in [6.07, 6.45) is 1.96. The molecule has 2 rings (SSSR count). The number of carbonyl (C=O) groups excluding carboxylic acids is 1. The van der Waals surface area contributed by atoms with Crippen molar-refractivity contribution in [2.24, 2.45) is 0 Å². The van der Waals surface area contributed by atoms with Crippen molar-refractivity contribution in [3.63, 3.8) is 0 Å². The number of aryl methyl sites for hydroxylation is 1. The molecule has 1 saturated heterocycles. The lowest BCUT2D eigenvalue weighted by atomic mass is 10.0. The molecule has 19 heavy (non-hydrogen) atoms. The summed E-state index contributed by atoms with van der Waals surface area (Å²) in [6.45, 7) is 1.79. The van der Waals surface area contributed by atoms with E-state index in [1.54, 1.807) is 19.1 Å². The van der Waals surface area contributed by atoms with Crippen LogP contribution in [0.2, 0.25) is 0 Å². The molecule has 0 saturated carbocycles. The molecule has 5 heteroatoms. The molecule has 0 aliphatic carbocycles. The highest BCUT2D eigenvalue weighted by atomic mass is 32.2. The SMILES string of the molecule is Cc1cc(C(=O)O)cc(C(=O)NC2CCSCC2)c1. The lowest BCUT2D eigenvalue weighted by Gasteiger charge is -2.22. The molecule has 102 valence electrons. The molecule has 1 heterocycles. The molecule has 0 bridgehead atoms. The number of aromatic carboxylic acids is 1. The van der Waals surface area contributed by atoms with E-state index in [0.717, 1.165) is 29.9 Å². The lowest BCUT2D eigenvalue weighted by molar-refractivity contribution is 0.0696. The molecule has 1 aromatic rings. The quantitative estimate of drug-likeness (QED) is 0.891. The Labute approximate surface area is 116 Å². The highest BCUT2D eigenvalue weighted by Gasteiger charge is 2.18. The van der Waals surface area contributed by atoms with Crippen molar-refractivity contribution in [1.29, 1.82) is 0 Å². The van der Waals surface area contributed by atoms with Gasteiger partial charge in [-0.15, -0.1) is 0 Å². The van der Waals surface area contributed by atoms with Gasteiger partial charge in [0.05, 0.1) is 5.56 Å². The van der Waals surface area contributed by atoms with Crippen molar-refractivity contribution < 1.29 is 14.7 Å². The van der Waals surface area contributed by atoms with E-state index in [9.17, 15) is 9.59 Å². The maximum absolute atomic E-state index is 12.1. The number of amides is 1. The topological polar surface area (TPSA) is 66.4 Å². The maximum atomic E-state index is 12.1. The van der Waals surface area contributed by atoms with Gasteiger partial charge in [0.2, 0.25) is 0 Å². The summed E-state index contributed by atoms with van der Waals surface area (Å²) in [6, 6.07) is 4.93. The van der Waals surface area contributed by atoms with Crippen LogP contribution >= 0.6 is 11.8 Å². The number of benzene rings is 1. The molecule has 1 fully saturated rings. The normalized spacial score (nSPS) is 16.1. The van der Waals surface area contributed by atoms with Crippen LogP contribution in [0.15, 0.2) is 18.2 Å². The highest BCUT2D eigenvalue weighted by Crippen LogP contribution is 2.18. The largest absolute Gasteiger partial charge is 0.478 e. The van der Waals surface area contributed by atoms with Crippen molar-refractivity contribution in [3.05, 3.63) is 34.9 Å². The van der Waals surface area contributed by atoms with E-state index in [0.29, 0.717) is 5.56 Å². The van der Waals surface area contributed by atoms with Gasteiger partial charge in [0.25, 0.3) is 5.91 Å². The van der Waals surface area contributed by atoms with E-state index in [2.05, 4.69) is 5.32 Å². The molecule has 0 atom stereocenters. The van der Waals surface area contributed by atoms with Gasteiger partial charge in [-0.05, 0) is 55.0 Å². The van der Waals surface area contributed by atoms with Crippen LogP contribution in [-0.4, -0.2) is 34.5 Å². The van der Waals surface area contributed by atoms with Crippen molar-refractivity contribution in [2.75, 3.05) is 11.5 Å². The minimum atomic E-state index is -1.01. The third kappa shape index (κ3) is 3.73. The zero-order valence-corrected chi connectivity index (χ0v) is 11.6. The van der Waals surface area contributed by atoms with Crippen LogP contribution in [0.1, 0.15) is 39.1 Å². The Morgan fingerprint density at radius 3 is 2.47 bits per heavy atom. The third-order valence-electron chi connectivity index (χ3n) is 3.14. The van der Waals surface area contributed by atoms with Crippen LogP contribution in [0.3, 0.4) is 0 Å². The fourth-order valence-electron chi connectivity index (χ4n) is 2.15. The number of carboxylic acids is 1. The van der Waals surface area contributed by atoms with Gasteiger partial charge in [-0.25, -0.2) is 4.79 Å². The second-order valence-electron chi connectivity index (χ2n) is 4.75. The van der Waals surface area contributed by atoms with Crippen molar-refractivity contribution >= 4 is 23.6 Å². The van der Waals surface area contributed by atoms with E-state index < -0.39 is 5.97 Å². The minimum absolute atomic E-state index is 0.157. The monoisotopic (exact) mass is 279 g/mol. The zero-order valence-electron chi connectivity index (χ0n) is 10.8. The number of carboxylic acid groups (broad SMARTS) is 1. The number of hydrogen-bond acceptors (Lipinski definition) is 3. The average molecular weight is 279 g/mol. The summed E-state index contributed by atoms with van der Waals surface area (Å²) in [4.78, 5) is 23.1. The first-order valence-electron chi connectivity index (χ1n) is 6.30. The number of thioether (sulfide) groups is 1. The summed E-state index contributed by atoms with van der Waals surface area (Å²) in [7, 11) is 0. The Hall–Kier alpha value is -1.49. The van der Waals surface area contributed by atoms with Crippen LogP contribution in [0.25, 0.3) is 0 Å². The summed E-state index contributed by atoms with van der Waals surface area (Å²) in [5, 5.41) is 12.0. The molecule has 0 radical (unpaired) electrons. The minimum Gasteiger partial charge on any atom is -0.478 e. The molecule has 4 nitrogen and oxygen atoms in total. The van der Waals surface area contributed by atoms with Crippen molar-refractivity contribution in [1.82, 2.24) is 5.32 Å². The first kappa shape index (κ1) is 13.9. The third-order valence-corrected chi connectivity index (χ3v) is 4.19. The van der Waals surface area contributed by atoms with Gasteiger partial charge in [0, 0.05) is 11.6 Å². The predicted molar refractivity (Wildman–Crippen MR) is 76.0 cm³/mol. The predicted octanol–water partition coefficient (Wildman–Crippen LogP) is 2.32. The maximum Gasteiger partial charge on any atom is 0.335 e. The van der Waals surface area contributed by atoms with Gasteiger partial charge in [0.1, 0.15) is 0 Å². The van der Waals surface area contributed by atoms with Gasteiger partial charge in [0.15, 0.2) is 0 Å². The summed E-state index contributed by atoms with van der Waals surface area (Å²) < 4.78 is 0. The molecule has 1 aliphatic rings. The van der Waals surface area contributed by atoms with Crippen molar-refractivity contribution in [2.45, 2.75) is 25.8 Å². The van der Waals surface area contributed by atoms with Gasteiger partial charge in [-0.3, -0.25) is 4.79 Å². The zero-order chi connectivity index (χ0) is 13.8. The fraction of sp³-hybridized carbons (Fsp3) is 0.429. The van der Waals surface area contributed by atoms with Crippen LogP contribution < -0.4 is 5.32 Å². The van der Waals surface area contributed by atoms with Crippen molar-refractivity contribution in [3.8, 4) is 0 Å². The molecule has 1 aromatic carbocycles. The first-order chi connectivity index (χ1) is 9.06. The first-order valence-corrected chi connectivity index (χ1v) is 7.45. The van der Waals surface area contributed by atoms with Crippen LogP contribution in [0.4, 0.5) is 0 Å². The van der Waals surface area contributed by atoms with E-state index in [1.165, 1.54) is 6.07 Å². The molecular formula is C14H17NO3S. The number of rotatable bonds is 3. The van der Waals surface area contributed by atoms with E-state index >= 15 is 0 Å². The highest BCUT2D eigenvalue weighted by molar-refractivity contribution is 7.99. The number of hydrogen-bond donors (Lipinski definition) is 2. The number of nitrogens with one attached hydrogen (secondary N) is 1. The Morgan fingerprint density at radius 2 is 1.84 bits per heavy atom. The average Bonchev–Trinajstić information content (AvgIpc) is 2.39. The second kappa shape index (κ2) is 6.10. The Morgan fingerprint density at radius 1 is 1.21 bits per heavy atom. The fourth-order valence-corrected chi connectivity index (χ4v) is 3.25. The Kier molecular flexibility index (Phi) is 4.47. The van der Waals surface area contributed by atoms with Crippen LogP contribution in [0.5, 0.6) is 0 Å². The van der Waals surface area contributed by atoms with E-state index in [4.69, 9.17) is 5.11 Å². The lowest BCUT2D eigenvalue weighted by Crippen LogP contribution is -2.37. The number of carbonyl (C=O) groups is 2. The summed E-state index contributed by atoms with van der Waals surface area (Å²) in [5.41, 5.74) is 1.37. The van der Waals surface area contributed by atoms with Gasteiger partial charge >= 0.3 is 5.97 Å². The molecule has 0 unspecified atom stereocenters. The van der Waals surface area contributed by atoms with Gasteiger partial charge < -0.3 is 10.4 Å². The van der Waals surface area contributed by atoms with Gasteiger partial charge in [-0.2, -0.15) is 11.8 Å². The summed E-state index contributed by atoms with van der Waals surface area (Å²) >= 11 is 1.90. The molecular weight excluding hydrogens is 262 g/mol. The van der Waals surface area contributed by atoms with E-state index in [1.807, 2.05) is 11.8 Å². The van der Waals surface area contributed by atoms with Crippen LogP contribution in [-0.2, 0) is 0 Å². The second-order valence-corrected chi connectivity index (χ2v) is 5.98.